The van der Waals surface area contributed by atoms with Gasteiger partial charge >= 0.3 is 18.0 Å². The summed E-state index contributed by atoms with van der Waals surface area (Å²) in [6.45, 7) is 9.04. The summed E-state index contributed by atoms with van der Waals surface area (Å²) in [4.78, 5) is 36.8. The van der Waals surface area contributed by atoms with Gasteiger partial charge in [-0.3, -0.25) is 9.59 Å². The summed E-state index contributed by atoms with van der Waals surface area (Å²) in [7, 11) is 0. The number of piperidine rings is 1. The molecule has 0 radical (unpaired) electrons. The van der Waals surface area contributed by atoms with Crippen molar-refractivity contribution in [2.24, 2.45) is 5.92 Å². The molecule has 0 N–H and O–H groups in total. The summed E-state index contributed by atoms with van der Waals surface area (Å²) in [5, 5.41) is 0. The SMILES string of the molecule is CCOC(=O)[C@@H]1CN(C(=O)OC(C)(C)C)CC[C@H]1OC(C)=O. The van der Waals surface area contributed by atoms with Gasteiger partial charge in [0.05, 0.1) is 6.61 Å². The fourth-order valence-electron chi connectivity index (χ4n) is 2.25. The molecule has 1 aliphatic rings. The number of ether oxygens (including phenoxy) is 3. The van der Waals surface area contributed by atoms with Gasteiger partial charge in [-0.2, -0.15) is 0 Å². The van der Waals surface area contributed by atoms with Crippen molar-refractivity contribution in [3.8, 4) is 0 Å². The lowest BCUT2D eigenvalue weighted by atomic mass is 9.94. The summed E-state index contributed by atoms with van der Waals surface area (Å²) < 4.78 is 15.5. The van der Waals surface area contributed by atoms with Gasteiger partial charge in [0.1, 0.15) is 17.6 Å². The second-order valence-electron chi connectivity index (χ2n) is 6.22. The molecule has 22 heavy (non-hydrogen) atoms. The summed E-state index contributed by atoms with van der Waals surface area (Å²) in [5.41, 5.74) is -0.608. The second-order valence-corrected chi connectivity index (χ2v) is 6.22. The second kappa shape index (κ2) is 7.47. The molecule has 0 saturated carbocycles. The number of amides is 1. The molecule has 0 aromatic carbocycles. The van der Waals surface area contributed by atoms with E-state index < -0.39 is 35.7 Å². The van der Waals surface area contributed by atoms with Gasteiger partial charge in [-0.1, -0.05) is 0 Å². The number of hydrogen-bond donors (Lipinski definition) is 0. The van der Waals surface area contributed by atoms with Crippen molar-refractivity contribution in [2.45, 2.75) is 52.7 Å². The first-order chi connectivity index (χ1) is 10.1. The summed E-state index contributed by atoms with van der Waals surface area (Å²) in [6, 6.07) is 0. The van der Waals surface area contributed by atoms with Crippen LogP contribution in [0.25, 0.3) is 0 Å². The maximum absolute atomic E-state index is 12.1. The molecule has 0 unspecified atom stereocenters. The highest BCUT2D eigenvalue weighted by atomic mass is 16.6. The molecule has 1 saturated heterocycles. The maximum atomic E-state index is 12.1. The fourth-order valence-corrected chi connectivity index (χ4v) is 2.25. The van der Waals surface area contributed by atoms with Crippen molar-refractivity contribution >= 4 is 18.0 Å². The summed E-state index contributed by atoms with van der Waals surface area (Å²) >= 11 is 0. The molecule has 2 atom stereocenters. The molecule has 1 aliphatic heterocycles. The van der Waals surface area contributed by atoms with Gasteiger partial charge in [-0.15, -0.1) is 0 Å². The first-order valence-electron chi connectivity index (χ1n) is 7.45. The van der Waals surface area contributed by atoms with Crippen LogP contribution in [0.3, 0.4) is 0 Å². The van der Waals surface area contributed by atoms with Crippen molar-refractivity contribution in [1.29, 1.82) is 0 Å². The number of hydrogen-bond acceptors (Lipinski definition) is 6. The molecule has 126 valence electrons. The molecule has 1 fully saturated rings. The Bertz CT molecular complexity index is 428. The molecule has 0 aliphatic carbocycles. The molecule has 1 heterocycles. The lowest BCUT2D eigenvalue weighted by Gasteiger charge is -2.37. The molecule has 1 rings (SSSR count). The predicted molar refractivity (Wildman–Crippen MR) is 78.1 cm³/mol. The van der Waals surface area contributed by atoms with Crippen molar-refractivity contribution in [1.82, 2.24) is 4.90 Å². The van der Waals surface area contributed by atoms with Crippen LogP contribution in [-0.2, 0) is 23.8 Å². The minimum absolute atomic E-state index is 0.117. The van der Waals surface area contributed by atoms with Crippen LogP contribution >= 0.6 is 0 Å². The number of likely N-dealkylation sites (tertiary alicyclic amines) is 1. The number of nitrogens with zero attached hydrogens (tertiary/aromatic N) is 1. The van der Waals surface area contributed by atoms with Crippen molar-refractivity contribution in [2.75, 3.05) is 19.7 Å². The molecule has 0 aromatic heterocycles. The van der Waals surface area contributed by atoms with E-state index in [1.807, 2.05) is 0 Å². The zero-order valence-corrected chi connectivity index (χ0v) is 13.9. The Morgan fingerprint density at radius 2 is 1.86 bits per heavy atom. The van der Waals surface area contributed by atoms with Crippen molar-refractivity contribution in [3.05, 3.63) is 0 Å². The minimum Gasteiger partial charge on any atom is -0.466 e. The molecular weight excluding hydrogens is 290 g/mol. The minimum atomic E-state index is -0.690. The van der Waals surface area contributed by atoms with Crippen LogP contribution in [0.2, 0.25) is 0 Å². The lowest BCUT2D eigenvalue weighted by Crippen LogP contribution is -2.51. The van der Waals surface area contributed by atoms with Crippen molar-refractivity contribution in [3.63, 3.8) is 0 Å². The highest BCUT2D eigenvalue weighted by Crippen LogP contribution is 2.23. The predicted octanol–water partition coefficient (Wildman–Crippen LogP) is 1.74. The van der Waals surface area contributed by atoms with Crippen LogP contribution in [0.1, 0.15) is 41.0 Å². The topological polar surface area (TPSA) is 82.1 Å². The first-order valence-corrected chi connectivity index (χ1v) is 7.45. The van der Waals surface area contributed by atoms with Crippen LogP contribution < -0.4 is 0 Å². The molecule has 0 spiro atoms. The maximum Gasteiger partial charge on any atom is 0.410 e. The van der Waals surface area contributed by atoms with Crippen molar-refractivity contribution < 1.29 is 28.6 Å². The van der Waals surface area contributed by atoms with Crippen LogP contribution in [0.15, 0.2) is 0 Å². The Kier molecular flexibility index (Phi) is 6.20. The highest BCUT2D eigenvalue weighted by molar-refractivity contribution is 5.76. The Morgan fingerprint density at radius 3 is 2.36 bits per heavy atom. The van der Waals surface area contributed by atoms with Crippen LogP contribution in [-0.4, -0.2) is 54.3 Å². The monoisotopic (exact) mass is 315 g/mol. The van der Waals surface area contributed by atoms with Gasteiger partial charge in [-0.25, -0.2) is 4.79 Å². The number of carbonyl (C=O) groups is 3. The highest BCUT2D eigenvalue weighted by Gasteiger charge is 2.40. The van der Waals surface area contributed by atoms with E-state index in [0.29, 0.717) is 13.0 Å². The average molecular weight is 315 g/mol. The van der Waals surface area contributed by atoms with E-state index in [1.165, 1.54) is 11.8 Å². The van der Waals surface area contributed by atoms with E-state index in [2.05, 4.69) is 0 Å². The Morgan fingerprint density at radius 1 is 1.23 bits per heavy atom. The Hall–Kier alpha value is -1.79. The standard InChI is InChI=1S/C15H25NO6/c1-6-20-13(18)11-9-16(14(19)22-15(3,4)5)8-7-12(11)21-10(2)17/h11-12H,6-9H2,1-5H3/t11-,12-/m1/s1. The summed E-state index contributed by atoms with van der Waals surface area (Å²) in [5.74, 6) is -1.61. The third-order valence-electron chi connectivity index (χ3n) is 3.11. The molecule has 0 aromatic rings. The van der Waals surface area contributed by atoms with E-state index >= 15 is 0 Å². The Balaban J connectivity index is 2.78. The molecule has 7 nitrogen and oxygen atoms in total. The van der Waals surface area contributed by atoms with E-state index in [-0.39, 0.29) is 13.2 Å². The largest absolute Gasteiger partial charge is 0.466 e. The van der Waals surface area contributed by atoms with Gasteiger partial charge in [0.25, 0.3) is 0 Å². The smallest absolute Gasteiger partial charge is 0.410 e. The number of rotatable bonds is 3. The zero-order chi connectivity index (χ0) is 16.9. The van der Waals surface area contributed by atoms with Crippen LogP contribution in [0, 0.1) is 5.92 Å². The fraction of sp³-hybridized carbons (Fsp3) is 0.800. The van der Waals surface area contributed by atoms with Gasteiger partial charge < -0.3 is 19.1 Å². The van der Waals surface area contributed by atoms with Crippen LogP contribution in [0.5, 0.6) is 0 Å². The molecule has 0 bridgehead atoms. The lowest BCUT2D eigenvalue weighted by molar-refractivity contribution is -0.164. The first kappa shape index (κ1) is 18.3. The van der Waals surface area contributed by atoms with E-state index in [0.717, 1.165) is 0 Å². The van der Waals surface area contributed by atoms with Gasteiger partial charge in [-0.05, 0) is 27.7 Å². The average Bonchev–Trinajstić information content (AvgIpc) is 2.36. The van der Waals surface area contributed by atoms with E-state index in [1.54, 1.807) is 27.7 Å². The molecular formula is C15H25NO6. The Labute approximate surface area is 130 Å². The summed E-state index contributed by atoms with van der Waals surface area (Å²) in [6.07, 6.45) is -0.680. The number of esters is 2. The van der Waals surface area contributed by atoms with Gasteiger partial charge in [0.2, 0.25) is 0 Å². The van der Waals surface area contributed by atoms with E-state index in [4.69, 9.17) is 14.2 Å². The molecule has 1 amide bonds. The van der Waals surface area contributed by atoms with Gasteiger partial charge in [0, 0.05) is 26.4 Å². The quantitative estimate of drug-likeness (QED) is 0.583. The van der Waals surface area contributed by atoms with E-state index in [9.17, 15) is 14.4 Å². The third kappa shape index (κ3) is 5.54. The van der Waals surface area contributed by atoms with Gasteiger partial charge in [0.15, 0.2) is 0 Å². The third-order valence-corrected chi connectivity index (χ3v) is 3.11. The normalized spacial score (nSPS) is 22.0. The number of carbonyl (C=O) groups excluding carboxylic acids is 3. The zero-order valence-electron chi connectivity index (χ0n) is 13.9. The molecule has 7 heteroatoms. The van der Waals surface area contributed by atoms with Crippen LogP contribution in [0.4, 0.5) is 4.79 Å².